The highest BCUT2D eigenvalue weighted by atomic mass is 16.5. The molecule has 1 aliphatic rings. The smallest absolute Gasteiger partial charge is 0.328 e. The number of methoxy groups -OCH3 is 2. The van der Waals surface area contributed by atoms with E-state index >= 15 is 0 Å². The van der Waals surface area contributed by atoms with Gasteiger partial charge in [-0.3, -0.25) is 0 Å². The number of rotatable bonds is 5. The third-order valence-electron chi connectivity index (χ3n) is 3.50. The topological polar surface area (TPSA) is 59.0 Å². The van der Waals surface area contributed by atoms with Crippen LogP contribution in [0.5, 0.6) is 0 Å². The van der Waals surface area contributed by atoms with Crippen LogP contribution in [-0.2, 0) is 14.3 Å². The first kappa shape index (κ1) is 14.6. The molecule has 0 bridgehead atoms. The van der Waals surface area contributed by atoms with Crippen molar-refractivity contribution < 1.29 is 19.4 Å². The van der Waals surface area contributed by atoms with Crippen LogP contribution in [0.2, 0.25) is 0 Å². The van der Waals surface area contributed by atoms with Crippen LogP contribution in [0.3, 0.4) is 0 Å². The van der Waals surface area contributed by atoms with Gasteiger partial charge in [0.15, 0.2) is 0 Å². The summed E-state index contributed by atoms with van der Waals surface area (Å²) in [6, 6.07) is 7.71. The molecule has 20 heavy (non-hydrogen) atoms. The lowest BCUT2D eigenvalue weighted by atomic mass is 10.1. The van der Waals surface area contributed by atoms with Gasteiger partial charge in [-0.15, -0.1) is 0 Å². The fraction of sp³-hybridized carbons (Fsp3) is 0.400. The molecule has 2 unspecified atom stereocenters. The Morgan fingerprint density at radius 1 is 1.25 bits per heavy atom. The minimum absolute atomic E-state index is 0.0245. The second-order valence-electron chi connectivity index (χ2n) is 4.68. The van der Waals surface area contributed by atoms with E-state index in [-0.39, 0.29) is 12.2 Å². The Bertz CT molecular complexity index is 488. The molecule has 1 heterocycles. The monoisotopic (exact) mass is 277 g/mol. The molecule has 0 saturated carbocycles. The molecule has 0 amide bonds. The molecule has 2 rings (SSSR count). The largest absolute Gasteiger partial charge is 0.478 e. The van der Waals surface area contributed by atoms with Gasteiger partial charge in [-0.25, -0.2) is 4.79 Å². The zero-order chi connectivity index (χ0) is 14.5. The standard InChI is InChI=1S/C15H19NO4/c1-19-13-9-16(10-14(13)20-2)12-6-4-3-5-11(12)7-8-15(17)18/h3-8,13-14H,9-10H2,1-2H3,(H,17,18)/b8-7+. The fourth-order valence-corrected chi connectivity index (χ4v) is 2.47. The van der Waals surface area contributed by atoms with Crippen molar-refractivity contribution in [3.05, 3.63) is 35.9 Å². The fourth-order valence-electron chi connectivity index (χ4n) is 2.47. The van der Waals surface area contributed by atoms with E-state index in [4.69, 9.17) is 14.6 Å². The van der Waals surface area contributed by atoms with Crippen molar-refractivity contribution in [2.24, 2.45) is 0 Å². The number of hydrogen-bond donors (Lipinski definition) is 1. The van der Waals surface area contributed by atoms with E-state index < -0.39 is 5.97 Å². The summed E-state index contributed by atoms with van der Waals surface area (Å²) >= 11 is 0. The van der Waals surface area contributed by atoms with Gasteiger partial charge in [0.2, 0.25) is 0 Å². The Balaban J connectivity index is 2.23. The maximum absolute atomic E-state index is 10.7. The lowest BCUT2D eigenvalue weighted by Crippen LogP contribution is -2.27. The third kappa shape index (κ3) is 3.18. The molecule has 0 aliphatic carbocycles. The molecule has 1 N–H and O–H groups in total. The average molecular weight is 277 g/mol. The van der Waals surface area contributed by atoms with Crippen LogP contribution in [0.4, 0.5) is 5.69 Å². The first-order chi connectivity index (χ1) is 9.65. The normalized spacial score (nSPS) is 22.6. The van der Waals surface area contributed by atoms with E-state index in [0.29, 0.717) is 0 Å². The van der Waals surface area contributed by atoms with Crippen LogP contribution in [0.15, 0.2) is 30.3 Å². The molecule has 0 aromatic heterocycles. The summed E-state index contributed by atoms with van der Waals surface area (Å²) in [6.07, 6.45) is 2.81. The maximum atomic E-state index is 10.7. The van der Waals surface area contributed by atoms with Crippen LogP contribution in [0.1, 0.15) is 5.56 Å². The number of nitrogens with zero attached hydrogens (tertiary/aromatic N) is 1. The molecule has 0 spiro atoms. The first-order valence-electron chi connectivity index (χ1n) is 6.46. The predicted octanol–water partition coefficient (Wildman–Crippen LogP) is 1.63. The molecule has 5 nitrogen and oxygen atoms in total. The SMILES string of the molecule is COC1CN(c2ccccc2/C=C/C(=O)O)CC1OC. The minimum Gasteiger partial charge on any atom is -0.478 e. The highest BCUT2D eigenvalue weighted by Gasteiger charge is 2.33. The Kier molecular flexibility index (Phi) is 4.76. The maximum Gasteiger partial charge on any atom is 0.328 e. The van der Waals surface area contributed by atoms with Crippen molar-refractivity contribution in [1.82, 2.24) is 0 Å². The van der Waals surface area contributed by atoms with E-state index in [2.05, 4.69) is 4.90 Å². The van der Waals surface area contributed by atoms with Crippen LogP contribution < -0.4 is 4.90 Å². The van der Waals surface area contributed by atoms with Gasteiger partial charge in [0, 0.05) is 39.1 Å². The second-order valence-corrected chi connectivity index (χ2v) is 4.68. The molecule has 2 atom stereocenters. The lowest BCUT2D eigenvalue weighted by Gasteiger charge is -2.20. The Morgan fingerprint density at radius 2 is 1.85 bits per heavy atom. The van der Waals surface area contributed by atoms with Gasteiger partial charge >= 0.3 is 5.97 Å². The van der Waals surface area contributed by atoms with Crippen molar-refractivity contribution in [2.75, 3.05) is 32.2 Å². The highest BCUT2D eigenvalue weighted by molar-refractivity contribution is 5.87. The second kappa shape index (κ2) is 6.54. The summed E-state index contributed by atoms with van der Waals surface area (Å²) in [4.78, 5) is 12.8. The van der Waals surface area contributed by atoms with Gasteiger partial charge in [-0.2, -0.15) is 0 Å². The molecular formula is C15H19NO4. The minimum atomic E-state index is -0.953. The highest BCUT2D eigenvalue weighted by Crippen LogP contribution is 2.27. The van der Waals surface area contributed by atoms with E-state index in [1.165, 1.54) is 0 Å². The Hall–Kier alpha value is -1.85. The van der Waals surface area contributed by atoms with Gasteiger partial charge < -0.3 is 19.5 Å². The van der Waals surface area contributed by atoms with E-state index in [1.54, 1.807) is 20.3 Å². The van der Waals surface area contributed by atoms with Crippen molar-refractivity contribution >= 4 is 17.7 Å². The lowest BCUT2D eigenvalue weighted by molar-refractivity contribution is -0.131. The van der Waals surface area contributed by atoms with Crippen molar-refractivity contribution in [3.8, 4) is 0 Å². The molecular weight excluding hydrogens is 258 g/mol. The van der Waals surface area contributed by atoms with Crippen LogP contribution in [-0.4, -0.2) is 50.6 Å². The van der Waals surface area contributed by atoms with Gasteiger partial charge in [0.05, 0.1) is 0 Å². The predicted molar refractivity (Wildman–Crippen MR) is 76.9 cm³/mol. The molecule has 1 aromatic rings. The number of anilines is 1. The van der Waals surface area contributed by atoms with Crippen molar-refractivity contribution in [1.29, 1.82) is 0 Å². The molecule has 0 radical (unpaired) electrons. The molecule has 108 valence electrons. The Morgan fingerprint density at radius 3 is 2.40 bits per heavy atom. The summed E-state index contributed by atoms with van der Waals surface area (Å²) in [6.45, 7) is 1.46. The zero-order valence-electron chi connectivity index (χ0n) is 11.7. The Labute approximate surface area is 118 Å². The number of carboxylic acid groups (broad SMARTS) is 1. The summed E-state index contributed by atoms with van der Waals surface area (Å²) in [5.41, 5.74) is 1.87. The number of aliphatic carboxylic acids is 1. The van der Waals surface area contributed by atoms with E-state index in [0.717, 1.165) is 30.4 Å². The molecule has 1 aromatic carbocycles. The molecule has 1 saturated heterocycles. The first-order valence-corrected chi connectivity index (χ1v) is 6.46. The summed E-state index contributed by atoms with van der Waals surface area (Å²) < 4.78 is 10.9. The van der Waals surface area contributed by atoms with Crippen LogP contribution in [0.25, 0.3) is 6.08 Å². The number of carboxylic acids is 1. The quantitative estimate of drug-likeness (QED) is 0.829. The van der Waals surface area contributed by atoms with Crippen molar-refractivity contribution in [2.45, 2.75) is 12.2 Å². The zero-order valence-corrected chi connectivity index (χ0v) is 11.7. The number of hydrogen-bond acceptors (Lipinski definition) is 4. The summed E-state index contributed by atoms with van der Waals surface area (Å²) in [7, 11) is 3.35. The number of carbonyl (C=O) groups is 1. The van der Waals surface area contributed by atoms with E-state index in [1.807, 2.05) is 24.3 Å². The summed E-state index contributed by atoms with van der Waals surface area (Å²) in [5.74, 6) is -0.953. The van der Waals surface area contributed by atoms with Gasteiger partial charge in [-0.1, -0.05) is 18.2 Å². The summed E-state index contributed by atoms with van der Waals surface area (Å²) in [5, 5.41) is 8.75. The molecule has 1 fully saturated rings. The van der Waals surface area contributed by atoms with Gasteiger partial charge in [0.1, 0.15) is 12.2 Å². The number of ether oxygens (including phenoxy) is 2. The number of benzene rings is 1. The average Bonchev–Trinajstić information content (AvgIpc) is 2.88. The molecule has 1 aliphatic heterocycles. The van der Waals surface area contributed by atoms with Crippen LogP contribution >= 0.6 is 0 Å². The third-order valence-corrected chi connectivity index (χ3v) is 3.50. The van der Waals surface area contributed by atoms with Crippen molar-refractivity contribution in [3.63, 3.8) is 0 Å². The number of para-hydroxylation sites is 1. The van der Waals surface area contributed by atoms with Gasteiger partial charge in [0.25, 0.3) is 0 Å². The van der Waals surface area contributed by atoms with Crippen LogP contribution in [0, 0.1) is 0 Å². The van der Waals surface area contributed by atoms with E-state index in [9.17, 15) is 4.79 Å². The van der Waals surface area contributed by atoms with Gasteiger partial charge in [-0.05, 0) is 17.7 Å². The molecule has 5 heteroatoms.